The van der Waals surface area contributed by atoms with Gasteiger partial charge in [0.15, 0.2) is 0 Å². The van der Waals surface area contributed by atoms with E-state index in [-0.39, 0.29) is 0 Å². The molecule has 66 valence electrons. The molecule has 1 heterocycles. The summed E-state index contributed by atoms with van der Waals surface area (Å²) in [6.45, 7) is 7.99. The van der Waals surface area contributed by atoms with Crippen molar-refractivity contribution >= 4 is 0 Å². The Kier molecular flexibility index (Phi) is 3.87. The predicted molar refractivity (Wildman–Crippen MR) is 48.7 cm³/mol. The zero-order valence-corrected chi connectivity index (χ0v) is 7.69. The van der Waals surface area contributed by atoms with Crippen molar-refractivity contribution in [1.29, 1.82) is 0 Å². The maximum absolute atomic E-state index is 3.53. The highest BCUT2D eigenvalue weighted by molar-refractivity contribution is 4.80. The van der Waals surface area contributed by atoms with Crippen LogP contribution in [0.5, 0.6) is 0 Å². The van der Waals surface area contributed by atoms with E-state index in [9.17, 15) is 0 Å². The van der Waals surface area contributed by atoms with Gasteiger partial charge in [-0.15, -0.1) is 0 Å². The summed E-state index contributed by atoms with van der Waals surface area (Å²) < 4.78 is 0. The Labute approximate surface area is 69.8 Å². The van der Waals surface area contributed by atoms with E-state index in [1.54, 1.807) is 0 Å². The Hall–Kier alpha value is -0.0800. The van der Waals surface area contributed by atoms with Gasteiger partial charge in [-0.2, -0.15) is 0 Å². The molecule has 1 saturated heterocycles. The zero-order valence-electron chi connectivity index (χ0n) is 7.69. The lowest BCUT2D eigenvalue weighted by atomic mass is 10.0. The minimum absolute atomic E-state index is 0.772. The van der Waals surface area contributed by atoms with Crippen molar-refractivity contribution in [3.05, 3.63) is 0 Å². The Balaban J connectivity index is 2.05. The molecule has 2 nitrogen and oxygen atoms in total. The van der Waals surface area contributed by atoms with Gasteiger partial charge in [0.05, 0.1) is 0 Å². The molecule has 0 aliphatic carbocycles. The average molecular weight is 156 g/mol. The van der Waals surface area contributed by atoms with Gasteiger partial charge in [0, 0.05) is 6.04 Å². The molecule has 11 heavy (non-hydrogen) atoms. The zero-order chi connectivity index (χ0) is 8.10. The topological polar surface area (TPSA) is 24.1 Å². The van der Waals surface area contributed by atoms with Gasteiger partial charge in [-0.1, -0.05) is 13.8 Å². The molecule has 1 aliphatic rings. The molecular weight excluding hydrogens is 136 g/mol. The van der Waals surface area contributed by atoms with E-state index in [1.807, 2.05) is 0 Å². The minimum atomic E-state index is 0.772. The average Bonchev–Trinajstić information content (AvgIpc) is 2.37. The van der Waals surface area contributed by atoms with Crippen LogP contribution in [-0.4, -0.2) is 25.7 Å². The lowest BCUT2D eigenvalue weighted by Gasteiger charge is -2.14. The highest BCUT2D eigenvalue weighted by atomic mass is 15.0. The number of rotatable bonds is 4. The van der Waals surface area contributed by atoms with Gasteiger partial charge in [-0.05, 0) is 38.4 Å². The predicted octanol–water partition coefficient (Wildman–Crippen LogP) is 0.984. The number of hydrogen-bond donors (Lipinski definition) is 2. The fourth-order valence-corrected chi connectivity index (χ4v) is 1.72. The van der Waals surface area contributed by atoms with E-state index in [0.29, 0.717) is 0 Å². The maximum atomic E-state index is 3.53. The van der Waals surface area contributed by atoms with Crippen LogP contribution in [0.1, 0.15) is 26.7 Å². The molecule has 0 aromatic carbocycles. The van der Waals surface area contributed by atoms with Gasteiger partial charge >= 0.3 is 0 Å². The van der Waals surface area contributed by atoms with Crippen LogP contribution in [0, 0.1) is 5.92 Å². The summed E-state index contributed by atoms with van der Waals surface area (Å²) in [4.78, 5) is 0. The quantitative estimate of drug-likeness (QED) is 0.593. The van der Waals surface area contributed by atoms with Crippen molar-refractivity contribution in [3.8, 4) is 0 Å². The lowest BCUT2D eigenvalue weighted by Crippen LogP contribution is -2.30. The van der Waals surface area contributed by atoms with Crippen molar-refractivity contribution in [1.82, 2.24) is 10.6 Å². The van der Waals surface area contributed by atoms with E-state index in [2.05, 4.69) is 24.5 Å². The highest BCUT2D eigenvalue weighted by Gasteiger charge is 2.21. The third-order valence-electron chi connectivity index (χ3n) is 2.58. The van der Waals surface area contributed by atoms with Gasteiger partial charge in [-0.3, -0.25) is 0 Å². The molecule has 0 saturated carbocycles. The molecular formula is C9H20N2. The van der Waals surface area contributed by atoms with Crippen molar-refractivity contribution in [2.45, 2.75) is 32.7 Å². The van der Waals surface area contributed by atoms with Gasteiger partial charge in [-0.25, -0.2) is 0 Å². The Morgan fingerprint density at radius 2 is 2.36 bits per heavy atom. The number of nitrogens with one attached hydrogen (secondary N) is 2. The normalized spacial score (nSPS) is 31.1. The van der Waals surface area contributed by atoms with Gasteiger partial charge in [0.25, 0.3) is 0 Å². The largest absolute Gasteiger partial charge is 0.317 e. The third-order valence-corrected chi connectivity index (χ3v) is 2.58. The molecule has 1 fully saturated rings. The Bertz CT molecular complexity index is 104. The van der Waals surface area contributed by atoms with Gasteiger partial charge in [0.1, 0.15) is 0 Å². The Morgan fingerprint density at radius 3 is 2.91 bits per heavy atom. The molecule has 2 atom stereocenters. The molecule has 0 aromatic heterocycles. The molecule has 1 rings (SSSR count). The first-order valence-corrected chi connectivity index (χ1v) is 4.78. The van der Waals surface area contributed by atoms with E-state index < -0.39 is 0 Å². The van der Waals surface area contributed by atoms with Crippen LogP contribution in [0.4, 0.5) is 0 Å². The van der Waals surface area contributed by atoms with Crippen LogP contribution in [0.15, 0.2) is 0 Å². The molecule has 2 unspecified atom stereocenters. The number of hydrogen-bond acceptors (Lipinski definition) is 2. The maximum Gasteiger partial charge on any atom is 0.0105 e. The molecule has 0 spiro atoms. The molecule has 0 radical (unpaired) electrons. The summed E-state index contributed by atoms with van der Waals surface area (Å²) in [5.41, 5.74) is 0. The van der Waals surface area contributed by atoms with Crippen LogP contribution in [0.2, 0.25) is 0 Å². The van der Waals surface area contributed by atoms with Crippen LogP contribution in [0.3, 0.4) is 0 Å². The van der Waals surface area contributed by atoms with Gasteiger partial charge in [0.2, 0.25) is 0 Å². The summed E-state index contributed by atoms with van der Waals surface area (Å²) in [5.74, 6) is 0.883. The molecule has 0 aromatic rings. The van der Waals surface area contributed by atoms with Crippen LogP contribution in [0.25, 0.3) is 0 Å². The smallest absolute Gasteiger partial charge is 0.0105 e. The summed E-state index contributed by atoms with van der Waals surface area (Å²) in [6, 6.07) is 0.772. The fourth-order valence-electron chi connectivity index (χ4n) is 1.72. The lowest BCUT2D eigenvalue weighted by molar-refractivity contribution is 0.442. The summed E-state index contributed by atoms with van der Waals surface area (Å²) >= 11 is 0. The highest BCUT2D eigenvalue weighted by Crippen LogP contribution is 2.16. The molecule has 0 amide bonds. The van der Waals surface area contributed by atoms with Crippen molar-refractivity contribution in [2.24, 2.45) is 5.92 Å². The van der Waals surface area contributed by atoms with E-state index in [0.717, 1.165) is 18.5 Å². The molecule has 0 bridgehead atoms. The van der Waals surface area contributed by atoms with E-state index in [1.165, 1.54) is 25.9 Å². The van der Waals surface area contributed by atoms with E-state index in [4.69, 9.17) is 0 Å². The summed E-state index contributed by atoms with van der Waals surface area (Å²) in [5, 5.41) is 6.88. The second-order valence-corrected chi connectivity index (χ2v) is 3.47. The van der Waals surface area contributed by atoms with Crippen LogP contribution >= 0.6 is 0 Å². The molecule has 2 N–H and O–H groups in total. The van der Waals surface area contributed by atoms with Crippen molar-refractivity contribution in [2.75, 3.05) is 19.6 Å². The Morgan fingerprint density at radius 1 is 1.55 bits per heavy atom. The van der Waals surface area contributed by atoms with Crippen LogP contribution < -0.4 is 10.6 Å². The van der Waals surface area contributed by atoms with Gasteiger partial charge < -0.3 is 10.6 Å². The second-order valence-electron chi connectivity index (χ2n) is 3.47. The van der Waals surface area contributed by atoms with Crippen molar-refractivity contribution < 1.29 is 0 Å². The molecule has 1 aliphatic heterocycles. The van der Waals surface area contributed by atoms with Crippen molar-refractivity contribution in [3.63, 3.8) is 0 Å². The standard InChI is InChI=1S/C9H20N2/c1-3-10-6-5-9-8(2)4-7-11-9/h8-11H,3-7H2,1-2H3. The third kappa shape index (κ3) is 2.80. The monoisotopic (exact) mass is 156 g/mol. The van der Waals surface area contributed by atoms with E-state index >= 15 is 0 Å². The first kappa shape index (κ1) is 9.01. The van der Waals surface area contributed by atoms with Crippen LogP contribution in [-0.2, 0) is 0 Å². The SMILES string of the molecule is CCNCCC1NCCC1C. The second kappa shape index (κ2) is 4.73. The first-order chi connectivity index (χ1) is 5.34. The summed E-state index contributed by atoms with van der Waals surface area (Å²) in [6.07, 6.45) is 2.64. The first-order valence-electron chi connectivity index (χ1n) is 4.78. The minimum Gasteiger partial charge on any atom is -0.317 e. The molecule has 2 heteroatoms. The summed E-state index contributed by atoms with van der Waals surface area (Å²) in [7, 11) is 0. The fraction of sp³-hybridized carbons (Fsp3) is 1.00.